The molecule has 0 radical (unpaired) electrons. The Hall–Kier alpha value is -1.75. The average molecular weight is 279 g/mol. The van der Waals surface area contributed by atoms with Crippen LogP contribution < -0.4 is 15.4 Å². The molecule has 5 heteroatoms. The maximum absolute atomic E-state index is 5.14. The Morgan fingerprint density at radius 3 is 2.40 bits per heavy atom. The summed E-state index contributed by atoms with van der Waals surface area (Å²) in [6.45, 7) is 2.46. The number of methoxy groups -OCH3 is 2. The van der Waals surface area contributed by atoms with Crippen molar-refractivity contribution >= 4 is 5.96 Å². The predicted octanol–water partition coefficient (Wildman–Crippen LogP) is 1.44. The minimum Gasteiger partial charge on any atom is -0.497 e. The molecule has 0 aliphatic heterocycles. The topological polar surface area (TPSA) is 54.9 Å². The van der Waals surface area contributed by atoms with Crippen LogP contribution in [-0.2, 0) is 11.2 Å². The Balaban J connectivity index is 2.23. The van der Waals surface area contributed by atoms with Gasteiger partial charge >= 0.3 is 0 Å². The molecule has 20 heavy (non-hydrogen) atoms. The lowest BCUT2D eigenvalue weighted by Crippen LogP contribution is -2.38. The van der Waals surface area contributed by atoms with E-state index in [0.29, 0.717) is 0 Å². The van der Waals surface area contributed by atoms with E-state index in [9.17, 15) is 0 Å². The van der Waals surface area contributed by atoms with E-state index >= 15 is 0 Å². The molecule has 0 fully saturated rings. The molecule has 0 atom stereocenters. The highest BCUT2D eigenvalue weighted by Crippen LogP contribution is 2.11. The summed E-state index contributed by atoms with van der Waals surface area (Å²) < 4.78 is 10.1. The molecule has 5 nitrogen and oxygen atoms in total. The summed E-state index contributed by atoms with van der Waals surface area (Å²) in [6, 6.07) is 8.12. The zero-order valence-electron chi connectivity index (χ0n) is 12.6. The Morgan fingerprint density at radius 1 is 1.10 bits per heavy atom. The van der Waals surface area contributed by atoms with Gasteiger partial charge in [0.05, 0.1) is 7.11 Å². The molecule has 0 aliphatic rings. The summed E-state index contributed by atoms with van der Waals surface area (Å²) in [7, 11) is 5.16. The second kappa shape index (κ2) is 10.1. The number of benzene rings is 1. The number of hydrogen-bond acceptors (Lipinski definition) is 3. The molecule has 1 aromatic rings. The van der Waals surface area contributed by atoms with E-state index < -0.39 is 0 Å². The van der Waals surface area contributed by atoms with Gasteiger partial charge in [0.1, 0.15) is 5.75 Å². The first-order valence-corrected chi connectivity index (χ1v) is 6.86. The third-order valence-corrected chi connectivity index (χ3v) is 2.91. The highest BCUT2D eigenvalue weighted by atomic mass is 16.5. The molecule has 0 unspecified atom stereocenters. The number of ether oxygens (including phenoxy) is 2. The lowest BCUT2D eigenvalue weighted by atomic mass is 10.1. The van der Waals surface area contributed by atoms with Crippen LogP contribution >= 0.6 is 0 Å². The van der Waals surface area contributed by atoms with Crippen molar-refractivity contribution in [2.45, 2.75) is 12.8 Å². The summed E-state index contributed by atoms with van der Waals surface area (Å²) in [5, 5.41) is 6.54. The van der Waals surface area contributed by atoms with Gasteiger partial charge in [-0.15, -0.1) is 0 Å². The largest absolute Gasteiger partial charge is 0.497 e. The number of rotatable bonds is 8. The van der Waals surface area contributed by atoms with Crippen molar-refractivity contribution in [2.24, 2.45) is 4.99 Å². The first kappa shape index (κ1) is 16.3. The van der Waals surface area contributed by atoms with Gasteiger partial charge in [-0.05, 0) is 30.5 Å². The van der Waals surface area contributed by atoms with E-state index in [4.69, 9.17) is 9.47 Å². The van der Waals surface area contributed by atoms with E-state index in [1.165, 1.54) is 5.56 Å². The van der Waals surface area contributed by atoms with Crippen molar-refractivity contribution < 1.29 is 9.47 Å². The lowest BCUT2D eigenvalue weighted by Gasteiger charge is -2.11. The Bertz CT molecular complexity index is 391. The van der Waals surface area contributed by atoms with Gasteiger partial charge in [0, 0.05) is 33.9 Å². The van der Waals surface area contributed by atoms with Gasteiger partial charge in [0.15, 0.2) is 5.96 Å². The van der Waals surface area contributed by atoms with Crippen LogP contribution in [-0.4, -0.2) is 46.9 Å². The molecular formula is C15H25N3O2. The molecule has 2 N–H and O–H groups in total. The van der Waals surface area contributed by atoms with Crippen molar-refractivity contribution in [3.63, 3.8) is 0 Å². The van der Waals surface area contributed by atoms with Crippen LogP contribution in [0.1, 0.15) is 12.0 Å². The summed E-state index contributed by atoms with van der Waals surface area (Å²) >= 11 is 0. The Kier molecular flexibility index (Phi) is 8.22. The Morgan fingerprint density at radius 2 is 1.80 bits per heavy atom. The number of nitrogens with one attached hydrogen (secondary N) is 2. The zero-order chi connectivity index (χ0) is 14.6. The van der Waals surface area contributed by atoms with Crippen molar-refractivity contribution in [3.8, 4) is 5.75 Å². The maximum atomic E-state index is 5.14. The number of guanidine groups is 1. The molecule has 0 amide bonds. The van der Waals surface area contributed by atoms with Crippen LogP contribution in [0.3, 0.4) is 0 Å². The van der Waals surface area contributed by atoms with Gasteiger partial charge in [0.25, 0.3) is 0 Å². The molecule has 0 heterocycles. The van der Waals surface area contributed by atoms with Crippen molar-refractivity contribution in [3.05, 3.63) is 29.8 Å². The number of hydrogen-bond donors (Lipinski definition) is 2. The first-order chi connectivity index (χ1) is 9.80. The van der Waals surface area contributed by atoms with Crippen molar-refractivity contribution in [1.29, 1.82) is 0 Å². The summed E-state index contributed by atoms with van der Waals surface area (Å²) in [6.07, 6.45) is 1.92. The van der Waals surface area contributed by atoms with E-state index in [1.54, 1.807) is 21.3 Å². The fourth-order valence-electron chi connectivity index (χ4n) is 1.76. The maximum Gasteiger partial charge on any atom is 0.190 e. The van der Waals surface area contributed by atoms with Crippen LogP contribution in [0.4, 0.5) is 0 Å². The average Bonchev–Trinajstić information content (AvgIpc) is 2.50. The van der Waals surface area contributed by atoms with E-state index in [-0.39, 0.29) is 0 Å². The molecule has 0 bridgehead atoms. The van der Waals surface area contributed by atoms with Crippen LogP contribution in [0.15, 0.2) is 29.3 Å². The second-order valence-electron chi connectivity index (χ2n) is 4.37. The third kappa shape index (κ3) is 6.43. The van der Waals surface area contributed by atoms with Gasteiger partial charge in [0.2, 0.25) is 0 Å². The smallest absolute Gasteiger partial charge is 0.190 e. The van der Waals surface area contributed by atoms with E-state index in [1.807, 2.05) is 12.1 Å². The summed E-state index contributed by atoms with van der Waals surface area (Å²) in [5.41, 5.74) is 1.27. The molecule has 0 aromatic heterocycles. The molecule has 1 rings (SSSR count). The highest BCUT2D eigenvalue weighted by Gasteiger charge is 1.98. The fraction of sp³-hybridized carbons (Fsp3) is 0.533. The SMILES string of the molecule is CN=C(NCCCOC)NCCc1ccc(OC)cc1. The summed E-state index contributed by atoms with van der Waals surface area (Å²) in [4.78, 5) is 4.18. The molecule has 0 spiro atoms. The van der Waals surface area contributed by atoms with Crippen LogP contribution in [0.2, 0.25) is 0 Å². The zero-order valence-corrected chi connectivity index (χ0v) is 12.6. The van der Waals surface area contributed by atoms with Crippen LogP contribution in [0, 0.1) is 0 Å². The van der Waals surface area contributed by atoms with Crippen LogP contribution in [0.5, 0.6) is 5.75 Å². The van der Waals surface area contributed by atoms with Gasteiger partial charge in [-0.3, -0.25) is 4.99 Å². The van der Waals surface area contributed by atoms with E-state index in [2.05, 4.69) is 27.8 Å². The minimum absolute atomic E-state index is 0.760. The lowest BCUT2D eigenvalue weighted by molar-refractivity contribution is 0.195. The molecule has 1 aromatic carbocycles. The van der Waals surface area contributed by atoms with E-state index in [0.717, 1.165) is 44.2 Å². The molecular weight excluding hydrogens is 254 g/mol. The molecule has 0 saturated carbocycles. The standard InChI is InChI=1S/C15H25N3O2/c1-16-15(17-10-4-12-19-2)18-11-9-13-5-7-14(20-3)8-6-13/h5-8H,4,9-12H2,1-3H3,(H2,16,17,18). The second-order valence-corrected chi connectivity index (χ2v) is 4.37. The van der Waals surface area contributed by atoms with Crippen LogP contribution in [0.25, 0.3) is 0 Å². The predicted molar refractivity (Wildman–Crippen MR) is 82.6 cm³/mol. The van der Waals surface area contributed by atoms with Gasteiger partial charge in [-0.1, -0.05) is 12.1 Å². The molecule has 0 saturated heterocycles. The van der Waals surface area contributed by atoms with Gasteiger partial charge in [-0.2, -0.15) is 0 Å². The van der Waals surface area contributed by atoms with Gasteiger partial charge in [-0.25, -0.2) is 0 Å². The molecule has 0 aliphatic carbocycles. The Labute approximate surface area is 121 Å². The third-order valence-electron chi connectivity index (χ3n) is 2.91. The fourth-order valence-corrected chi connectivity index (χ4v) is 1.76. The quantitative estimate of drug-likeness (QED) is 0.429. The van der Waals surface area contributed by atoms with Crippen molar-refractivity contribution in [2.75, 3.05) is 41.0 Å². The monoisotopic (exact) mass is 279 g/mol. The normalized spacial score (nSPS) is 11.2. The van der Waals surface area contributed by atoms with Crippen molar-refractivity contribution in [1.82, 2.24) is 10.6 Å². The first-order valence-electron chi connectivity index (χ1n) is 6.86. The number of aliphatic imine (C=N–C) groups is 1. The summed E-state index contributed by atoms with van der Waals surface area (Å²) in [5.74, 6) is 1.71. The molecule has 112 valence electrons. The highest BCUT2D eigenvalue weighted by molar-refractivity contribution is 5.79. The van der Waals surface area contributed by atoms with Gasteiger partial charge < -0.3 is 20.1 Å². The number of nitrogens with zero attached hydrogens (tertiary/aromatic N) is 1. The minimum atomic E-state index is 0.760.